The summed E-state index contributed by atoms with van der Waals surface area (Å²) in [5.74, 6) is 1.20. The van der Waals surface area contributed by atoms with Crippen LogP contribution in [-0.4, -0.2) is 16.1 Å². The van der Waals surface area contributed by atoms with Crippen LogP contribution in [0.15, 0.2) is 30.3 Å². The van der Waals surface area contributed by atoms with Gasteiger partial charge in [0.2, 0.25) is 5.91 Å². The van der Waals surface area contributed by atoms with E-state index in [-0.39, 0.29) is 11.3 Å². The van der Waals surface area contributed by atoms with Crippen molar-refractivity contribution in [1.82, 2.24) is 10.2 Å². The third-order valence-corrected chi connectivity index (χ3v) is 4.59. The van der Waals surface area contributed by atoms with E-state index in [9.17, 15) is 4.79 Å². The Kier molecular flexibility index (Phi) is 4.24. The molecule has 2 N–H and O–H groups in total. The van der Waals surface area contributed by atoms with Crippen molar-refractivity contribution in [2.24, 2.45) is 0 Å². The predicted molar refractivity (Wildman–Crippen MR) is 92.7 cm³/mol. The Hall–Kier alpha value is -2.10. The number of anilines is 1. The van der Waals surface area contributed by atoms with E-state index in [1.807, 2.05) is 18.2 Å². The van der Waals surface area contributed by atoms with Crippen molar-refractivity contribution in [1.29, 1.82) is 0 Å². The van der Waals surface area contributed by atoms with Crippen LogP contribution in [0.4, 0.5) is 5.82 Å². The topological polar surface area (TPSA) is 57.8 Å². The van der Waals surface area contributed by atoms with E-state index in [2.05, 4.69) is 48.4 Å². The zero-order chi connectivity index (χ0) is 16.4. The van der Waals surface area contributed by atoms with Gasteiger partial charge < -0.3 is 5.32 Å². The molecule has 1 aromatic heterocycles. The number of aromatic nitrogens is 2. The average molecular weight is 311 g/mol. The summed E-state index contributed by atoms with van der Waals surface area (Å²) >= 11 is 0. The minimum Gasteiger partial charge on any atom is -0.309 e. The van der Waals surface area contributed by atoms with E-state index < -0.39 is 0 Å². The molecule has 0 bridgehead atoms. The van der Waals surface area contributed by atoms with Gasteiger partial charge in [0.25, 0.3) is 0 Å². The largest absolute Gasteiger partial charge is 0.309 e. The molecule has 4 nitrogen and oxygen atoms in total. The molecule has 0 atom stereocenters. The van der Waals surface area contributed by atoms with Crippen LogP contribution in [0.25, 0.3) is 0 Å². The van der Waals surface area contributed by atoms with Crippen molar-refractivity contribution in [2.75, 3.05) is 5.32 Å². The maximum atomic E-state index is 12.2. The first-order valence-corrected chi connectivity index (χ1v) is 8.36. The van der Waals surface area contributed by atoms with Crippen molar-refractivity contribution in [3.8, 4) is 0 Å². The highest BCUT2D eigenvalue weighted by atomic mass is 16.1. The second kappa shape index (κ2) is 6.19. The summed E-state index contributed by atoms with van der Waals surface area (Å²) in [5.41, 5.74) is 3.57. The number of nitrogens with zero attached hydrogens (tertiary/aromatic N) is 1. The molecule has 3 rings (SSSR count). The van der Waals surface area contributed by atoms with Crippen LogP contribution >= 0.6 is 0 Å². The van der Waals surface area contributed by atoms with Crippen molar-refractivity contribution in [3.05, 3.63) is 47.2 Å². The van der Waals surface area contributed by atoms with E-state index in [4.69, 9.17) is 0 Å². The molecule has 122 valence electrons. The number of aromatic amines is 1. The van der Waals surface area contributed by atoms with Gasteiger partial charge >= 0.3 is 0 Å². The fourth-order valence-corrected chi connectivity index (χ4v) is 2.82. The van der Waals surface area contributed by atoms with E-state index in [1.165, 1.54) is 24.8 Å². The Balaban J connectivity index is 1.57. The molecule has 23 heavy (non-hydrogen) atoms. The van der Waals surface area contributed by atoms with Crippen LogP contribution in [0.5, 0.6) is 0 Å². The summed E-state index contributed by atoms with van der Waals surface area (Å²) in [6.45, 7) is 6.56. The molecule has 0 radical (unpaired) electrons. The van der Waals surface area contributed by atoms with Gasteiger partial charge in [-0.3, -0.25) is 9.89 Å². The summed E-state index contributed by atoms with van der Waals surface area (Å²) in [6, 6.07) is 10.2. The first-order valence-electron chi connectivity index (χ1n) is 8.36. The lowest BCUT2D eigenvalue weighted by Gasteiger charge is -2.23. The van der Waals surface area contributed by atoms with Crippen LogP contribution in [0.1, 0.15) is 62.8 Å². The number of carbonyl (C=O) groups is 1. The average Bonchev–Trinajstić information content (AvgIpc) is 2.84. The highest BCUT2D eigenvalue weighted by Crippen LogP contribution is 2.35. The molecule has 4 heteroatoms. The summed E-state index contributed by atoms with van der Waals surface area (Å²) in [7, 11) is 0. The third-order valence-electron chi connectivity index (χ3n) is 4.59. The van der Waals surface area contributed by atoms with Gasteiger partial charge in [0, 0.05) is 17.7 Å². The van der Waals surface area contributed by atoms with Crippen LogP contribution in [0.2, 0.25) is 0 Å². The van der Waals surface area contributed by atoms with E-state index in [0.29, 0.717) is 18.2 Å². The van der Waals surface area contributed by atoms with Crippen molar-refractivity contribution < 1.29 is 4.79 Å². The van der Waals surface area contributed by atoms with E-state index in [1.54, 1.807) is 0 Å². The highest BCUT2D eigenvalue weighted by molar-refractivity contribution is 5.91. The lowest BCUT2D eigenvalue weighted by Crippen LogP contribution is -2.15. The molecule has 1 aliphatic carbocycles. The molecule has 1 aromatic carbocycles. The smallest absolute Gasteiger partial charge is 0.229 e. The molecule has 0 aliphatic heterocycles. The number of rotatable bonds is 4. The van der Waals surface area contributed by atoms with Gasteiger partial charge in [-0.1, -0.05) is 51.5 Å². The number of carbonyl (C=O) groups excluding carboxylic acids is 1. The molecule has 1 fully saturated rings. The number of hydrogen-bond donors (Lipinski definition) is 2. The second-order valence-electron chi connectivity index (χ2n) is 7.51. The zero-order valence-electron chi connectivity index (χ0n) is 14.1. The minimum atomic E-state index is -0.0276. The molecular formula is C19H25N3O. The number of nitrogens with one attached hydrogen (secondary N) is 2. The second-order valence-corrected chi connectivity index (χ2v) is 7.51. The Morgan fingerprint density at radius 3 is 2.52 bits per heavy atom. The SMILES string of the molecule is CC(C)(C)c1ccc(CC(=O)Nc2cc(C3CCC3)[nH]n2)cc1. The Labute approximate surface area is 137 Å². The zero-order valence-corrected chi connectivity index (χ0v) is 14.1. The highest BCUT2D eigenvalue weighted by Gasteiger charge is 2.21. The molecule has 1 heterocycles. The van der Waals surface area contributed by atoms with Crippen LogP contribution in [0, 0.1) is 0 Å². The normalized spacial score (nSPS) is 15.3. The monoisotopic (exact) mass is 311 g/mol. The van der Waals surface area contributed by atoms with Gasteiger partial charge in [0.15, 0.2) is 5.82 Å². The molecular weight excluding hydrogens is 286 g/mol. The predicted octanol–water partition coefficient (Wildman–Crippen LogP) is 4.16. The third kappa shape index (κ3) is 3.81. The summed E-state index contributed by atoms with van der Waals surface area (Å²) in [4.78, 5) is 12.2. The molecule has 1 saturated carbocycles. The Bertz CT molecular complexity index is 675. The van der Waals surface area contributed by atoms with Crippen molar-refractivity contribution in [3.63, 3.8) is 0 Å². The van der Waals surface area contributed by atoms with Crippen LogP contribution in [0.3, 0.4) is 0 Å². The number of H-pyrrole nitrogens is 1. The van der Waals surface area contributed by atoms with Crippen LogP contribution in [-0.2, 0) is 16.6 Å². The quantitative estimate of drug-likeness (QED) is 0.891. The molecule has 2 aromatic rings. The molecule has 0 spiro atoms. The maximum absolute atomic E-state index is 12.2. The van der Waals surface area contributed by atoms with E-state index >= 15 is 0 Å². The molecule has 1 aliphatic rings. The first-order chi connectivity index (χ1) is 10.9. The lowest BCUT2D eigenvalue weighted by molar-refractivity contribution is -0.115. The van der Waals surface area contributed by atoms with Gasteiger partial charge in [-0.2, -0.15) is 5.10 Å². The van der Waals surface area contributed by atoms with Gasteiger partial charge in [-0.05, 0) is 29.4 Å². The number of amides is 1. The van der Waals surface area contributed by atoms with Crippen LogP contribution < -0.4 is 5.32 Å². The van der Waals surface area contributed by atoms with Gasteiger partial charge in [-0.25, -0.2) is 0 Å². The lowest BCUT2D eigenvalue weighted by atomic mass is 9.83. The number of hydrogen-bond acceptors (Lipinski definition) is 2. The summed E-state index contributed by atoms with van der Waals surface area (Å²) < 4.78 is 0. The Morgan fingerprint density at radius 1 is 1.26 bits per heavy atom. The number of benzene rings is 1. The Morgan fingerprint density at radius 2 is 1.96 bits per heavy atom. The minimum absolute atomic E-state index is 0.0276. The molecule has 1 amide bonds. The summed E-state index contributed by atoms with van der Waals surface area (Å²) in [5, 5.41) is 10.1. The molecule has 0 saturated heterocycles. The first kappa shape index (κ1) is 15.8. The standard InChI is InChI=1S/C19H25N3O/c1-19(2,3)15-9-7-13(8-10-15)11-18(23)20-17-12-16(21-22-17)14-5-4-6-14/h7-10,12,14H,4-6,11H2,1-3H3,(H2,20,21,22,23). The molecule has 0 unspecified atom stereocenters. The fraction of sp³-hybridized carbons (Fsp3) is 0.474. The fourth-order valence-electron chi connectivity index (χ4n) is 2.82. The maximum Gasteiger partial charge on any atom is 0.229 e. The van der Waals surface area contributed by atoms with Gasteiger partial charge in [-0.15, -0.1) is 0 Å². The van der Waals surface area contributed by atoms with Crippen molar-refractivity contribution >= 4 is 11.7 Å². The van der Waals surface area contributed by atoms with Gasteiger partial charge in [0.05, 0.1) is 6.42 Å². The van der Waals surface area contributed by atoms with Gasteiger partial charge in [0.1, 0.15) is 0 Å². The van der Waals surface area contributed by atoms with E-state index in [0.717, 1.165) is 11.3 Å². The summed E-state index contributed by atoms with van der Waals surface area (Å²) in [6.07, 6.45) is 4.09. The van der Waals surface area contributed by atoms with Crippen molar-refractivity contribution in [2.45, 2.75) is 57.8 Å².